The van der Waals surface area contributed by atoms with Gasteiger partial charge in [0.15, 0.2) is 11.4 Å². The maximum Gasteiger partial charge on any atom is 0.357 e. The van der Waals surface area contributed by atoms with Crippen LogP contribution in [0.15, 0.2) is 6.33 Å². The predicted octanol–water partition coefficient (Wildman–Crippen LogP) is 1.06. The first-order chi connectivity index (χ1) is 7.07. The van der Waals surface area contributed by atoms with E-state index in [2.05, 4.69) is 20.9 Å². The molecule has 82 valence electrons. The summed E-state index contributed by atoms with van der Waals surface area (Å²) >= 11 is 3.21. The maximum atomic E-state index is 10.8. The van der Waals surface area contributed by atoms with E-state index < -0.39 is 17.6 Å². The molecule has 0 atom stereocenters. The summed E-state index contributed by atoms with van der Waals surface area (Å²) in [7, 11) is 0. The molecule has 0 aromatic carbocycles. The van der Waals surface area contributed by atoms with Gasteiger partial charge in [-0.2, -0.15) is 0 Å². The molecular formula is C8H9BrN2O4. The van der Waals surface area contributed by atoms with Crippen LogP contribution in [0.1, 0.15) is 27.4 Å². The molecule has 0 saturated heterocycles. The number of carboxylic acids is 2. The molecule has 0 aliphatic rings. The molecule has 0 aliphatic heterocycles. The van der Waals surface area contributed by atoms with E-state index in [1.54, 1.807) is 0 Å². The van der Waals surface area contributed by atoms with Crippen molar-refractivity contribution in [3.8, 4) is 0 Å². The second-order valence-corrected chi connectivity index (χ2v) is 3.58. The van der Waals surface area contributed by atoms with Gasteiger partial charge in [-0.05, 0) is 6.42 Å². The zero-order valence-electron chi connectivity index (χ0n) is 7.68. The van der Waals surface area contributed by atoms with E-state index in [9.17, 15) is 9.59 Å². The lowest BCUT2D eigenvalue weighted by atomic mass is 10.3. The summed E-state index contributed by atoms with van der Waals surface area (Å²) in [4.78, 5) is 25.1. The summed E-state index contributed by atoms with van der Waals surface area (Å²) in [5.74, 6) is -2.61. The summed E-state index contributed by atoms with van der Waals surface area (Å²) in [5, 5.41) is 18.3. The highest BCUT2D eigenvalue weighted by atomic mass is 79.9. The zero-order chi connectivity index (χ0) is 11.4. The van der Waals surface area contributed by atoms with Crippen LogP contribution in [0.4, 0.5) is 0 Å². The van der Waals surface area contributed by atoms with E-state index in [1.165, 1.54) is 10.9 Å². The van der Waals surface area contributed by atoms with Crippen LogP contribution in [0.5, 0.6) is 0 Å². The number of carbonyl (C=O) groups is 2. The number of halogens is 1. The van der Waals surface area contributed by atoms with Gasteiger partial charge in [0.05, 0.1) is 6.33 Å². The number of aromatic nitrogens is 2. The molecule has 7 heteroatoms. The molecule has 0 radical (unpaired) electrons. The molecule has 1 aromatic heterocycles. The quantitative estimate of drug-likeness (QED) is 0.785. The lowest BCUT2D eigenvalue weighted by molar-refractivity contribution is 0.0640. The Morgan fingerprint density at radius 3 is 2.53 bits per heavy atom. The highest BCUT2D eigenvalue weighted by Gasteiger charge is 2.22. The molecule has 0 saturated carbocycles. The van der Waals surface area contributed by atoms with Gasteiger partial charge in [-0.3, -0.25) is 0 Å². The van der Waals surface area contributed by atoms with Crippen LogP contribution in [-0.4, -0.2) is 37.0 Å². The second kappa shape index (κ2) is 4.92. The van der Waals surface area contributed by atoms with E-state index in [1.807, 2.05) is 0 Å². The Kier molecular flexibility index (Phi) is 3.84. The van der Waals surface area contributed by atoms with Gasteiger partial charge in [-0.1, -0.05) is 15.9 Å². The van der Waals surface area contributed by atoms with Crippen molar-refractivity contribution in [1.29, 1.82) is 0 Å². The van der Waals surface area contributed by atoms with Crippen LogP contribution in [0, 0.1) is 0 Å². The third-order valence-corrected chi connectivity index (χ3v) is 2.34. The second-order valence-electron chi connectivity index (χ2n) is 2.79. The van der Waals surface area contributed by atoms with Crippen molar-refractivity contribution in [2.45, 2.75) is 13.0 Å². The molecule has 1 aromatic rings. The average Bonchev–Trinajstić information content (AvgIpc) is 2.58. The predicted molar refractivity (Wildman–Crippen MR) is 54.6 cm³/mol. The highest BCUT2D eigenvalue weighted by molar-refractivity contribution is 9.09. The first-order valence-electron chi connectivity index (χ1n) is 4.15. The van der Waals surface area contributed by atoms with Gasteiger partial charge in [-0.25, -0.2) is 14.6 Å². The highest BCUT2D eigenvalue weighted by Crippen LogP contribution is 2.09. The Labute approximate surface area is 93.7 Å². The van der Waals surface area contributed by atoms with Crippen molar-refractivity contribution in [3.05, 3.63) is 17.7 Å². The van der Waals surface area contributed by atoms with Gasteiger partial charge in [0, 0.05) is 11.9 Å². The number of aryl methyl sites for hydroxylation is 1. The molecule has 1 rings (SSSR count). The number of hydrogen-bond donors (Lipinski definition) is 2. The van der Waals surface area contributed by atoms with Crippen molar-refractivity contribution >= 4 is 27.9 Å². The molecular weight excluding hydrogens is 268 g/mol. The monoisotopic (exact) mass is 276 g/mol. The summed E-state index contributed by atoms with van der Waals surface area (Å²) in [6, 6.07) is 0. The number of rotatable bonds is 5. The van der Waals surface area contributed by atoms with E-state index in [-0.39, 0.29) is 5.69 Å². The van der Waals surface area contributed by atoms with Gasteiger partial charge in [0.25, 0.3) is 0 Å². The minimum absolute atomic E-state index is 0.275. The largest absolute Gasteiger partial charge is 0.476 e. The van der Waals surface area contributed by atoms with Crippen molar-refractivity contribution in [2.75, 3.05) is 5.33 Å². The summed E-state index contributed by atoms with van der Waals surface area (Å²) in [6.07, 6.45) is 1.94. The first kappa shape index (κ1) is 11.7. The lowest BCUT2D eigenvalue weighted by Crippen LogP contribution is -2.13. The number of aromatic carboxylic acids is 2. The molecule has 0 aliphatic carbocycles. The fourth-order valence-corrected chi connectivity index (χ4v) is 1.41. The van der Waals surface area contributed by atoms with E-state index >= 15 is 0 Å². The zero-order valence-corrected chi connectivity index (χ0v) is 9.27. The van der Waals surface area contributed by atoms with Gasteiger partial charge in [0.1, 0.15) is 0 Å². The molecule has 6 nitrogen and oxygen atoms in total. The third kappa shape index (κ3) is 2.56. The Morgan fingerprint density at radius 2 is 2.07 bits per heavy atom. The van der Waals surface area contributed by atoms with Crippen molar-refractivity contribution in [3.63, 3.8) is 0 Å². The average molecular weight is 277 g/mol. The fourth-order valence-electron chi connectivity index (χ4n) is 1.16. The van der Waals surface area contributed by atoms with Crippen molar-refractivity contribution in [2.24, 2.45) is 0 Å². The van der Waals surface area contributed by atoms with Crippen molar-refractivity contribution < 1.29 is 19.8 Å². The van der Waals surface area contributed by atoms with Gasteiger partial charge in [-0.15, -0.1) is 0 Å². The maximum absolute atomic E-state index is 10.8. The Morgan fingerprint density at radius 1 is 1.40 bits per heavy atom. The van der Waals surface area contributed by atoms with Crippen LogP contribution in [0.25, 0.3) is 0 Å². The molecule has 0 amide bonds. The Balaban J connectivity index is 3.06. The molecule has 1 heterocycles. The Bertz CT molecular complexity index is 388. The molecule has 0 bridgehead atoms. The lowest BCUT2D eigenvalue weighted by Gasteiger charge is -2.03. The first-order valence-corrected chi connectivity index (χ1v) is 5.27. The molecule has 2 N–H and O–H groups in total. The summed E-state index contributed by atoms with van der Waals surface area (Å²) in [6.45, 7) is 0.424. The van der Waals surface area contributed by atoms with Crippen LogP contribution in [-0.2, 0) is 6.54 Å². The van der Waals surface area contributed by atoms with E-state index in [0.29, 0.717) is 18.3 Å². The van der Waals surface area contributed by atoms with Gasteiger partial charge >= 0.3 is 11.9 Å². The van der Waals surface area contributed by atoms with Crippen LogP contribution in [0.3, 0.4) is 0 Å². The normalized spacial score (nSPS) is 10.2. The summed E-state index contributed by atoms with van der Waals surface area (Å²) in [5.41, 5.74) is -0.694. The van der Waals surface area contributed by atoms with E-state index in [0.717, 1.165) is 0 Å². The fraction of sp³-hybridized carbons (Fsp3) is 0.375. The molecule has 0 fully saturated rings. The number of imidazole rings is 1. The molecule has 0 spiro atoms. The number of nitrogens with zero attached hydrogens (tertiary/aromatic N) is 2. The van der Waals surface area contributed by atoms with Crippen molar-refractivity contribution in [1.82, 2.24) is 9.55 Å². The molecule has 15 heavy (non-hydrogen) atoms. The minimum Gasteiger partial charge on any atom is -0.476 e. The van der Waals surface area contributed by atoms with Gasteiger partial charge in [0.2, 0.25) is 0 Å². The smallest absolute Gasteiger partial charge is 0.357 e. The third-order valence-electron chi connectivity index (χ3n) is 1.78. The minimum atomic E-state index is -1.33. The van der Waals surface area contributed by atoms with Gasteiger partial charge < -0.3 is 14.8 Å². The topological polar surface area (TPSA) is 92.4 Å². The van der Waals surface area contributed by atoms with Crippen LogP contribution < -0.4 is 0 Å². The number of alkyl halides is 1. The molecule has 0 unspecified atom stereocenters. The van der Waals surface area contributed by atoms with E-state index in [4.69, 9.17) is 10.2 Å². The van der Waals surface area contributed by atoms with Crippen LogP contribution >= 0.6 is 15.9 Å². The standard InChI is InChI=1S/C8H9BrN2O4/c9-2-1-3-11-4-10-5(7(12)13)6(11)8(14)15/h4H,1-3H2,(H,12,13)(H,14,15). The number of carboxylic acid groups (broad SMARTS) is 2. The number of hydrogen-bond acceptors (Lipinski definition) is 3. The Hall–Kier alpha value is -1.37. The SMILES string of the molecule is O=C(O)c1ncn(CCCBr)c1C(=O)O. The summed E-state index contributed by atoms with van der Waals surface area (Å²) < 4.78 is 1.33. The van der Waals surface area contributed by atoms with Crippen LogP contribution in [0.2, 0.25) is 0 Å².